The lowest BCUT2D eigenvalue weighted by Gasteiger charge is -2.61. The Morgan fingerprint density at radius 2 is 1.83 bits per heavy atom. The maximum absolute atomic E-state index is 12.9. The molecular formula is C19H28O5. The Bertz CT molecular complexity index is 574. The smallest absolute Gasteiger partial charge is 0.306 e. The topological polar surface area (TPSA) is 83.8 Å². The van der Waals surface area contributed by atoms with Crippen LogP contribution in [0.15, 0.2) is 0 Å². The molecule has 3 saturated carbocycles. The van der Waals surface area contributed by atoms with E-state index in [1.54, 1.807) is 0 Å². The SMILES string of the molecule is C[C@]12C[C@@H](O)[C@@H](O)C[C@@H]1C(=O)C[C@@H]1[C@@H]2CC[C@]2(C)OC(=O)CC[C@@H]12. The van der Waals surface area contributed by atoms with Gasteiger partial charge in [-0.15, -0.1) is 0 Å². The van der Waals surface area contributed by atoms with Crippen LogP contribution in [0.2, 0.25) is 0 Å². The number of Topliss-reactive ketones (excluding diaryl/α,β-unsaturated/α-hetero) is 1. The Labute approximate surface area is 142 Å². The molecule has 0 aromatic carbocycles. The number of fused-ring (bicyclic) bond motifs is 5. The van der Waals surface area contributed by atoms with E-state index in [1.165, 1.54) is 0 Å². The summed E-state index contributed by atoms with van der Waals surface area (Å²) in [6.07, 6.45) is 2.89. The summed E-state index contributed by atoms with van der Waals surface area (Å²) < 4.78 is 5.73. The molecule has 134 valence electrons. The van der Waals surface area contributed by atoms with Gasteiger partial charge in [0.2, 0.25) is 0 Å². The Morgan fingerprint density at radius 3 is 2.58 bits per heavy atom. The Hall–Kier alpha value is -0.940. The molecule has 0 amide bonds. The lowest BCUT2D eigenvalue weighted by molar-refractivity contribution is -0.208. The van der Waals surface area contributed by atoms with Gasteiger partial charge in [0.05, 0.1) is 12.2 Å². The number of ketones is 1. The highest BCUT2D eigenvalue weighted by Crippen LogP contribution is 2.62. The van der Waals surface area contributed by atoms with Crippen LogP contribution >= 0.6 is 0 Å². The first kappa shape index (κ1) is 16.5. The summed E-state index contributed by atoms with van der Waals surface area (Å²) in [5.74, 6) is 0.790. The lowest BCUT2D eigenvalue weighted by Crippen LogP contribution is -2.62. The highest BCUT2D eigenvalue weighted by Gasteiger charge is 2.62. The summed E-state index contributed by atoms with van der Waals surface area (Å²) >= 11 is 0. The molecule has 4 rings (SSSR count). The molecule has 2 N–H and O–H groups in total. The first-order valence-electron chi connectivity index (χ1n) is 9.35. The first-order valence-corrected chi connectivity index (χ1v) is 9.35. The zero-order valence-corrected chi connectivity index (χ0v) is 14.5. The number of hydrogen-bond acceptors (Lipinski definition) is 5. The van der Waals surface area contributed by atoms with Crippen molar-refractivity contribution in [3.8, 4) is 0 Å². The fourth-order valence-corrected chi connectivity index (χ4v) is 6.59. The van der Waals surface area contributed by atoms with Crippen LogP contribution in [-0.4, -0.2) is 39.8 Å². The highest BCUT2D eigenvalue weighted by atomic mass is 16.6. The molecule has 0 aromatic rings. The monoisotopic (exact) mass is 336 g/mol. The van der Waals surface area contributed by atoms with Gasteiger partial charge in [-0.3, -0.25) is 9.59 Å². The lowest BCUT2D eigenvalue weighted by atomic mass is 9.45. The second-order valence-electron chi connectivity index (χ2n) is 9.04. The largest absolute Gasteiger partial charge is 0.459 e. The summed E-state index contributed by atoms with van der Waals surface area (Å²) in [5, 5.41) is 20.3. The number of carbonyl (C=O) groups is 2. The van der Waals surface area contributed by atoms with Crippen LogP contribution in [0.3, 0.4) is 0 Å². The third kappa shape index (κ3) is 2.20. The van der Waals surface area contributed by atoms with Crippen molar-refractivity contribution in [1.29, 1.82) is 0 Å². The van der Waals surface area contributed by atoms with E-state index >= 15 is 0 Å². The van der Waals surface area contributed by atoms with Gasteiger partial charge in [-0.25, -0.2) is 0 Å². The molecule has 1 heterocycles. The predicted molar refractivity (Wildman–Crippen MR) is 85.9 cm³/mol. The Morgan fingerprint density at radius 1 is 1.08 bits per heavy atom. The van der Waals surface area contributed by atoms with Crippen molar-refractivity contribution in [1.82, 2.24) is 0 Å². The van der Waals surface area contributed by atoms with Gasteiger partial charge in [-0.05, 0) is 56.3 Å². The number of hydrogen-bond donors (Lipinski definition) is 2. The predicted octanol–water partition coefficient (Wildman–Crippen LogP) is 1.84. The van der Waals surface area contributed by atoms with Gasteiger partial charge in [0.1, 0.15) is 11.4 Å². The first-order chi connectivity index (χ1) is 11.2. The molecule has 4 fully saturated rings. The van der Waals surface area contributed by atoms with Crippen LogP contribution in [0.4, 0.5) is 0 Å². The van der Waals surface area contributed by atoms with Crippen LogP contribution in [0.1, 0.15) is 58.8 Å². The minimum absolute atomic E-state index is 0.116. The molecule has 0 spiro atoms. The molecule has 5 nitrogen and oxygen atoms in total. The molecule has 0 aromatic heterocycles. The second kappa shape index (κ2) is 5.28. The van der Waals surface area contributed by atoms with Gasteiger partial charge in [-0.2, -0.15) is 0 Å². The minimum Gasteiger partial charge on any atom is -0.459 e. The highest BCUT2D eigenvalue weighted by molar-refractivity contribution is 5.83. The van der Waals surface area contributed by atoms with E-state index in [1.807, 2.05) is 6.92 Å². The van der Waals surface area contributed by atoms with Crippen molar-refractivity contribution in [3.63, 3.8) is 0 Å². The van der Waals surface area contributed by atoms with Crippen molar-refractivity contribution in [2.75, 3.05) is 0 Å². The number of esters is 1. The van der Waals surface area contributed by atoms with Gasteiger partial charge in [-0.1, -0.05) is 6.92 Å². The Kier molecular flexibility index (Phi) is 3.63. The molecule has 0 radical (unpaired) electrons. The normalized spacial score (nSPS) is 54.3. The van der Waals surface area contributed by atoms with Crippen LogP contribution in [-0.2, 0) is 14.3 Å². The molecule has 4 aliphatic rings. The van der Waals surface area contributed by atoms with Gasteiger partial charge < -0.3 is 14.9 Å². The molecule has 3 aliphatic carbocycles. The van der Waals surface area contributed by atoms with Gasteiger partial charge in [0.25, 0.3) is 0 Å². The third-order valence-corrected chi connectivity index (χ3v) is 7.82. The van der Waals surface area contributed by atoms with Crippen molar-refractivity contribution < 1.29 is 24.5 Å². The number of ether oxygens (including phenoxy) is 1. The quantitative estimate of drug-likeness (QED) is 0.660. The van der Waals surface area contributed by atoms with E-state index in [-0.39, 0.29) is 34.9 Å². The fraction of sp³-hybridized carbons (Fsp3) is 0.895. The fourth-order valence-electron chi connectivity index (χ4n) is 6.59. The maximum Gasteiger partial charge on any atom is 0.306 e. The molecule has 0 bridgehead atoms. The second-order valence-corrected chi connectivity index (χ2v) is 9.04. The summed E-state index contributed by atoms with van der Waals surface area (Å²) in [4.78, 5) is 24.7. The van der Waals surface area contributed by atoms with Crippen LogP contribution in [0.5, 0.6) is 0 Å². The number of carbonyl (C=O) groups excluding carboxylic acids is 2. The third-order valence-electron chi connectivity index (χ3n) is 7.82. The van der Waals surface area contributed by atoms with E-state index in [0.29, 0.717) is 31.6 Å². The number of aliphatic hydroxyl groups excluding tert-OH is 2. The van der Waals surface area contributed by atoms with Gasteiger partial charge in [0.15, 0.2) is 0 Å². The molecule has 1 saturated heterocycles. The van der Waals surface area contributed by atoms with E-state index in [0.717, 1.165) is 19.3 Å². The molecule has 8 atom stereocenters. The van der Waals surface area contributed by atoms with E-state index < -0.39 is 17.8 Å². The summed E-state index contributed by atoms with van der Waals surface area (Å²) in [5.41, 5.74) is -0.686. The summed E-state index contributed by atoms with van der Waals surface area (Å²) in [7, 11) is 0. The Balaban J connectivity index is 1.67. The molecular weight excluding hydrogens is 308 g/mol. The molecule has 24 heavy (non-hydrogen) atoms. The summed E-state index contributed by atoms with van der Waals surface area (Å²) in [6, 6.07) is 0. The van der Waals surface area contributed by atoms with Crippen LogP contribution in [0, 0.1) is 29.1 Å². The summed E-state index contributed by atoms with van der Waals surface area (Å²) in [6.45, 7) is 4.17. The van der Waals surface area contributed by atoms with Crippen molar-refractivity contribution >= 4 is 11.8 Å². The van der Waals surface area contributed by atoms with E-state index in [2.05, 4.69) is 6.92 Å². The average Bonchev–Trinajstić information content (AvgIpc) is 2.48. The zero-order valence-electron chi connectivity index (χ0n) is 14.5. The number of rotatable bonds is 0. The van der Waals surface area contributed by atoms with Gasteiger partial charge >= 0.3 is 5.97 Å². The standard InChI is InChI=1S/C19H28O5/c1-18-9-16(22)15(21)8-13(18)14(20)7-10-11(18)5-6-19(2)12(10)3-4-17(23)24-19/h10-13,15-16,21-22H,3-9H2,1-2H3/t10-,11+,12+,13-,15+,16-,18-,19+/m1/s1. The maximum atomic E-state index is 12.9. The van der Waals surface area contributed by atoms with Crippen LogP contribution < -0.4 is 0 Å². The molecule has 0 unspecified atom stereocenters. The number of aliphatic hydroxyl groups is 2. The van der Waals surface area contributed by atoms with E-state index in [9.17, 15) is 19.8 Å². The van der Waals surface area contributed by atoms with Crippen molar-refractivity contribution in [2.24, 2.45) is 29.1 Å². The van der Waals surface area contributed by atoms with Crippen molar-refractivity contribution in [2.45, 2.75) is 76.6 Å². The van der Waals surface area contributed by atoms with Gasteiger partial charge in [0, 0.05) is 24.7 Å². The minimum atomic E-state index is -0.784. The van der Waals surface area contributed by atoms with Crippen LogP contribution in [0.25, 0.3) is 0 Å². The van der Waals surface area contributed by atoms with E-state index in [4.69, 9.17) is 4.74 Å². The molecule has 1 aliphatic heterocycles. The molecule has 5 heteroatoms. The van der Waals surface area contributed by atoms with Crippen molar-refractivity contribution in [3.05, 3.63) is 0 Å². The zero-order chi connectivity index (χ0) is 17.3. The average molecular weight is 336 g/mol.